The fourth-order valence-electron chi connectivity index (χ4n) is 4.00. The molecule has 0 spiro atoms. The summed E-state index contributed by atoms with van der Waals surface area (Å²) in [5.41, 5.74) is 1.37. The third kappa shape index (κ3) is 2.88. The van der Waals surface area contributed by atoms with Crippen molar-refractivity contribution in [3.8, 4) is 0 Å². The van der Waals surface area contributed by atoms with Crippen LogP contribution in [-0.4, -0.2) is 28.6 Å². The Morgan fingerprint density at radius 2 is 2.00 bits per heavy atom. The number of likely N-dealkylation sites (tertiary alicyclic amines) is 1. The van der Waals surface area contributed by atoms with Crippen LogP contribution in [0.4, 0.5) is 0 Å². The van der Waals surface area contributed by atoms with Crippen molar-refractivity contribution in [1.82, 2.24) is 4.90 Å². The number of hydrogen-bond acceptors (Lipinski definition) is 2. The smallest absolute Gasteiger partial charge is 0.306 e. The summed E-state index contributed by atoms with van der Waals surface area (Å²) >= 11 is 0. The van der Waals surface area contributed by atoms with E-state index in [1.54, 1.807) is 0 Å². The molecule has 1 aliphatic carbocycles. The van der Waals surface area contributed by atoms with Crippen molar-refractivity contribution in [2.75, 3.05) is 6.54 Å². The van der Waals surface area contributed by atoms with E-state index in [4.69, 9.17) is 0 Å². The molecule has 0 bridgehead atoms. The number of carbonyl (C=O) groups is 1. The van der Waals surface area contributed by atoms with Gasteiger partial charge in [-0.15, -0.1) is 0 Å². The largest absolute Gasteiger partial charge is 0.481 e. The number of aliphatic carboxylic acids is 1. The Morgan fingerprint density at radius 3 is 2.75 bits per heavy atom. The highest BCUT2D eigenvalue weighted by Crippen LogP contribution is 2.38. The second kappa shape index (κ2) is 5.96. The van der Waals surface area contributed by atoms with E-state index in [1.807, 2.05) is 0 Å². The number of carboxylic acid groups (broad SMARTS) is 1. The van der Waals surface area contributed by atoms with Crippen molar-refractivity contribution < 1.29 is 9.90 Å². The summed E-state index contributed by atoms with van der Waals surface area (Å²) in [7, 11) is 0. The molecule has 3 rings (SSSR count). The second-order valence-electron chi connectivity index (χ2n) is 6.27. The van der Waals surface area contributed by atoms with Crippen LogP contribution in [0, 0.1) is 11.8 Å². The van der Waals surface area contributed by atoms with Crippen molar-refractivity contribution in [1.29, 1.82) is 0 Å². The Bertz CT molecular complexity index is 459. The molecule has 20 heavy (non-hydrogen) atoms. The van der Waals surface area contributed by atoms with Gasteiger partial charge in [0, 0.05) is 12.6 Å². The summed E-state index contributed by atoms with van der Waals surface area (Å²) in [4.78, 5) is 13.8. The summed E-state index contributed by atoms with van der Waals surface area (Å²) < 4.78 is 0. The number of rotatable bonds is 3. The zero-order chi connectivity index (χ0) is 13.9. The Balaban J connectivity index is 1.67. The molecule has 1 aromatic carbocycles. The first-order chi connectivity index (χ1) is 9.74. The van der Waals surface area contributed by atoms with E-state index >= 15 is 0 Å². The molecular weight excluding hydrogens is 250 g/mol. The maximum atomic E-state index is 11.2. The maximum absolute atomic E-state index is 11.2. The first-order valence-corrected chi connectivity index (χ1v) is 7.75. The molecule has 0 amide bonds. The predicted molar refractivity (Wildman–Crippen MR) is 78.3 cm³/mol. The van der Waals surface area contributed by atoms with Gasteiger partial charge in [-0.2, -0.15) is 0 Å². The van der Waals surface area contributed by atoms with Crippen molar-refractivity contribution in [2.24, 2.45) is 11.8 Å². The SMILES string of the molecule is O=C(O)C1CCC2C(CCCN2Cc2ccccc2)C1. The van der Waals surface area contributed by atoms with E-state index in [0.29, 0.717) is 12.0 Å². The van der Waals surface area contributed by atoms with Crippen LogP contribution in [0.1, 0.15) is 37.7 Å². The van der Waals surface area contributed by atoms with Gasteiger partial charge >= 0.3 is 5.97 Å². The highest BCUT2D eigenvalue weighted by molar-refractivity contribution is 5.70. The average molecular weight is 273 g/mol. The number of benzene rings is 1. The first kappa shape index (κ1) is 13.6. The summed E-state index contributed by atoms with van der Waals surface area (Å²) in [5, 5.41) is 9.22. The Kier molecular flexibility index (Phi) is 4.06. The summed E-state index contributed by atoms with van der Waals surface area (Å²) in [6, 6.07) is 11.2. The second-order valence-corrected chi connectivity index (χ2v) is 6.27. The van der Waals surface area contributed by atoms with Gasteiger partial charge < -0.3 is 5.11 Å². The van der Waals surface area contributed by atoms with Gasteiger partial charge in [0.1, 0.15) is 0 Å². The molecule has 0 aromatic heterocycles. The van der Waals surface area contributed by atoms with Crippen molar-refractivity contribution in [2.45, 2.75) is 44.7 Å². The molecule has 0 radical (unpaired) electrons. The van der Waals surface area contributed by atoms with Gasteiger partial charge in [0.15, 0.2) is 0 Å². The fraction of sp³-hybridized carbons (Fsp3) is 0.588. The van der Waals surface area contributed by atoms with Crippen LogP contribution in [0.15, 0.2) is 30.3 Å². The number of piperidine rings is 1. The van der Waals surface area contributed by atoms with Crippen molar-refractivity contribution >= 4 is 5.97 Å². The van der Waals surface area contributed by atoms with E-state index in [-0.39, 0.29) is 5.92 Å². The highest BCUT2D eigenvalue weighted by Gasteiger charge is 2.38. The monoisotopic (exact) mass is 273 g/mol. The van der Waals surface area contributed by atoms with E-state index in [1.165, 1.54) is 18.4 Å². The van der Waals surface area contributed by atoms with Crippen molar-refractivity contribution in [3.05, 3.63) is 35.9 Å². The highest BCUT2D eigenvalue weighted by atomic mass is 16.4. The van der Waals surface area contributed by atoms with E-state index < -0.39 is 5.97 Å². The minimum absolute atomic E-state index is 0.104. The maximum Gasteiger partial charge on any atom is 0.306 e. The van der Waals surface area contributed by atoms with Crippen LogP contribution in [0.3, 0.4) is 0 Å². The molecule has 1 saturated carbocycles. The Hall–Kier alpha value is -1.35. The van der Waals surface area contributed by atoms with Gasteiger partial charge in [-0.25, -0.2) is 0 Å². The Morgan fingerprint density at radius 1 is 1.20 bits per heavy atom. The molecule has 3 unspecified atom stereocenters. The first-order valence-electron chi connectivity index (χ1n) is 7.75. The molecule has 3 heteroatoms. The van der Waals surface area contributed by atoms with E-state index in [0.717, 1.165) is 32.4 Å². The average Bonchev–Trinajstić information content (AvgIpc) is 2.48. The lowest BCUT2D eigenvalue weighted by Gasteiger charge is -2.45. The molecule has 1 aliphatic heterocycles. The lowest BCUT2D eigenvalue weighted by molar-refractivity contribution is -0.144. The molecule has 1 N–H and O–H groups in total. The molecule has 1 heterocycles. The van der Waals surface area contributed by atoms with Crippen LogP contribution in [0.2, 0.25) is 0 Å². The van der Waals surface area contributed by atoms with Crippen LogP contribution < -0.4 is 0 Å². The minimum atomic E-state index is -0.594. The normalized spacial score (nSPS) is 30.7. The molecule has 108 valence electrons. The third-order valence-corrected chi connectivity index (χ3v) is 5.01. The van der Waals surface area contributed by atoms with Crippen LogP contribution in [-0.2, 0) is 11.3 Å². The standard InChI is InChI=1S/C17H23NO2/c19-17(20)15-8-9-16-14(11-15)7-4-10-18(16)12-13-5-2-1-3-6-13/h1-3,5-6,14-16H,4,7-12H2,(H,19,20). The molecule has 1 aromatic rings. The third-order valence-electron chi connectivity index (χ3n) is 5.01. The number of carboxylic acids is 1. The van der Waals surface area contributed by atoms with E-state index in [2.05, 4.69) is 35.2 Å². The number of fused-ring (bicyclic) bond motifs is 1. The number of hydrogen-bond donors (Lipinski definition) is 1. The van der Waals surface area contributed by atoms with Gasteiger partial charge in [-0.05, 0) is 50.1 Å². The summed E-state index contributed by atoms with van der Waals surface area (Å²) in [5.74, 6) is -0.112. The van der Waals surface area contributed by atoms with Crippen LogP contribution in [0.5, 0.6) is 0 Å². The molecule has 3 atom stereocenters. The molecule has 3 nitrogen and oxygen atoms in total. The fourth-order valence-corrected chi connectivity index (χ4v) is 4.00. The Labute approximate surface area is 120 Å². The lowest BCUT2D eigenvalue weighted by Crippen LogP contribution is -2.48. The topological polar surface area (TPSA) is 40.5 Å². The number of nitrogens with zero attached hydrogens (tertiary/aromatic N) is 1. The van der Waals surface area contributed by atoms with Gasteiger partial charge in [-0.3, -0.25) is 9.69 Å². The van der Waals surface area contributed by atoms with Gasteiger partial charge in [0.2, 0.25) is 0 Å². The lowest BCUT2D eigenvalue weighted by atomic mass is 9.73. The quantitative estimate of drug-likeness (QED) is 0.919. The van der Waals surface area contributed by atoms with E-state index in [9.17, 15) is 9.90 Å². The van der Waals surface area contributed by atoms with Gasteiger partial charge in [-0.1, -0.05) is 30.3 Å². The molecular formula is C17H23NO2. The molecule has 2 fully saturated rings. The predicted octanol–water partition coefficient (Wildman–Crippen LogP) is 3.15. The minimum Gasteiger partial charge on any atom is -0.481 e. The van der Waals surface area contributed by atoms with Crippen LogP contribution in [0.25, 0.3) is 0 Å². The van der Waals surface area contributed by atoms with Gasteiger partial charge in [0.25, 0.3) is 0 Å². The molecule has 2 aliphatic rings. The summed E-state index contributed by atoms with van der Waals surface area (Å²) in [6.45, 7) is 2.17. The zero-order valence-electron chi connectivity index (χ0n) is 11.9. The van der Waals surface area contributed by atoms with Gasteiger partial charge in [0.05, 0.1) is 5.92 Å². The molecule has 1 saturated heterocycles. The zero-order valence-corrected chi connectivity index (χ0v) is 11.9. The summed E-state index contributed by atoms with van der Waals surface area (Å²) in [6.07, 6.45) is 5.20. The van der Waals surface area contributed by atoms with Crippen molar-refractivity contribution in [3.63, 3.8) is 0 Å². The van der Waals surface area contributed by atoms with Crippen LogP contribution >= 0.6 is 0 Å².